The summed E-state index contributed by atoms with van der Waals surface area (Å²) in [6.45, 7) is 1.51. The maximum Gasteiger partial charge on any atom is 0.282 e. The van der Waals surface area contributed by atoms with Crippen molar-refractivity contribution in [3.8, 4) is 0 Å². The van der Waals surface area contributed by atoms with Gasteiger partial charge in [-0.05, 0) is 43.4 Å². The number of ether oxygens (including phenoxy) is 1. The summed E-state index contributed by atoms with van der Waals surface area (Å²) in [5, 5.41) is 0. The van der Waals surface area contributed by atoms with Crippen LogP contribution in [0.2, 0.25) is 0 Å². The maximum atomic E-state index is 13.1. The van der Waals surface area contributed by atoms with E-state index in [0.29, 0.717) is 19.6 Å². The number of rotatable bonds is 4. The lowest BCUT2D eigenvalue weighted by Crippen LogP contribution is -2.47. The second kappa shape index (κ2) is 6.84. The molecule has 0 spiro atoms. The van der Waals surface area contributed by atoms with Crippen LogP contribution >= 0.6 is 0 Å². The molecule has 0 saturated carbocycles. The smallest absolute Gasteiger partial charge is 0.282 e. The van der Waals surface area contributed by atoms with Crippen molar-refractivity contribution in [2.75, 3.05) is 26.7 Å². The van der Waals surface area contributed by atoms with Crippen LogP contribution in [0.15, 0.2) is 24.3 Å². The van der Waals surface area contributed by atoms with Crippen LogP contribution in [0.4, 0.5) is 4.39 Å². The number of methoxy groups -OCH3 is 1. The monoisotopic (exact) mass is 342 g/mol. The fraction of sp³-hybridized carbons (Fsp3) is 0.625. The fourth-order valence-electron chi connectivity index (χ4n) is 3.48. The molecule has 1 aromatic carbocycles. The van der Waals surface area contributed by atoms with E-state index in [1.54, 1.807) is 27.9 Å². The average molecular weight is 342 g/mol. The first-order chi connectivity index (χ1) is 11.0. The number of halogens is 1. The SMILES string of the molecule is COC1CCN(S(=O)(=O)N2CCCC2c2ccc(F)cc2)CC1. The zero-order valence-electron chi connectivity index (χ0n) is 13.3. The van der Waals surface area contributed by atoms with Gasteiger partial charge >= 0.3 is 0 Å². The maximum absolute atomic E-state index is 13.1. The summed E-state index contributed by atoms with van der Waals surface area (Å²) >= 11 is 0. The molecule has 2 aliphatic rings. The molecule has 0 aromatic heterocycles. The van der Waals surface area contributed by atoms with Crippen LogP contribution in [0.5, 0.6) is 0 Å². The quantitative estimate of drug-likeness (QED) is 0.844. The first-order valence-corrected chi connectivity index (χ1v) is 9.47. The largest absolute Gasteiger partial charge is 0.381 e. The van der Waals surface area contributed by atoms with Crippen molar-refractivity contribution in [3.05, 3.63) is 35.6 Å². The van der Waals surface area contributed by atoms with E-state index in [1.165, 1.54) is 12.1 Å². The van der Waals surface area contributed by atoms with E-state index in [2.05, 4.69) is 0 Å². The van der Waals surface area contributed by atoms with E-state index in [1.807, 2.05) is 0 Å². The minimum atomic E-state index is -3.48. The zero-order valence-corrected chi connectivity index (χ0v) is 14.1. The molecule has 5 nitrogen and oxygen atoms in total. The van der Waals surface area contributed by atoms with Gasteiger partial charge in [-0.3, -0.25) is 0 Å². The topological polar surface area (TPSA) is 49.9 Å². The highest BCUT2D eigenvalue weighted by molar-refractivity contribution is 7.86. The van der Waals surface area contributed by atoms with Crippen LogP contribution in [0, 0.1) is 5.82 Å². The molecule has 2 fully saturated rings. The Balaban J connectivity index is 1.77. The highest BCUT2D eigenvalue weighted by Crippen LogP contribution is 2.36. The molecule has 1 atom stereocenters. The Morgan fingerprint density at radius 2 is 1.74 bits per heavy atom. The van der Waals surface area contributed by atoms with Gasteiger partial charge in [-0.2, -0.15) is 17.0 Å². The molecule has 1 aromatic rings. The Morgan fingerprint density at radius 1 is 1.09 bits per heavy atom. The predicted molar refractivity (Wildman–Crippen MR) is 85.6 cm³/mol. The van der Waals surface area contributed by atoms with Gasteiger partial charge in [-0.15, -0.1) is 0 Å². The van der Waals surface area contributed by atoms with Crippen molar-refractivity contribution in [1.29, 1.82) is 0 Å². The molecular formula is C16H23FN2O3S. The summed E-state index contributed by atoms with van der Waals surface area (Å²) in [5.74, 6) is -0.303. The summed E-state index contributed by atoms with van der Waals surface area (Å²) in [6, 6.07) is 5.96. The molecule has 0 bridgehead atoms. The van der Waals surface area contributed by atoms with Gasteiger partial charge in [0.05, 0.1) is 12.1 Å². The molecule has 128 valence electrons. The van der Waals surface area contributed by atoms with E-state index in [4.69, 9.17) is 4.74 Å². The van der Waals surface area contributed by atoms with E-state index in [0.717, 1.165) is 31.2 Å². The molecule has 0 N–H and O–H groups in total. The molecule has 0 radical (unpaired) electrons. The van der Waals surface area contributed by atoms with Crippen LogP contribution in [0.1, 0.15) is 37.3 Å². The molecule has 0 aliphatic carbocycles. The van der Waals surface area contributed by atoms with E-state index >= 15 is 0 Å². The molecule has 2 heterocycles. The lowest BCUT2D eigenvalue weighted by molar-refractivity contribution is 0.0590. The predicted octanol–water partition coefficient (Wildman–Crippen LogP) is 2.32. The van der Waals surface area contributed by atoms with Gasteiger partial charge in [0.25, 0.3) is 10.2 Å². The van der Waals surface area contributed by atoms with Crippen LogP contribution < -0.4 is 0 Å². The Kier molecular flexibility index (Phi) is 5.01. The van der Waals surface area contributed by atoms with Crippen molar-refractivity contribution >= 4 is 10.2 Å². The highest BCUT2D eigenvalue weighted by atomic mass is 32.2. The minimum absolute atomic E-state index is 0.146. The number of piperidine rings is 1. The van der Waals surface area contributed by atoms with E-state index in [-0.39, 0.29) is 18.0 Å². The Morgan fingerprint density at radius 3 is 2.35 bits per heavy atom. The Labute approximate surface area is 137 Å². The van der Waals surface area contributed by atoms with Crippen LogP contribution in [0.25, 0.3) is 0 Å². The summed E-state index contributed by atoms with van der Waals surface area (Å²) in [7, 11) is -1.82. The third-order valence-corrected chi connectivity index (χ3v) is 6.86. The van der Waals surface area contributed by atoms with Gasteiger partial charge in [-0.1, -0.05) is 12.1 Å². The van der Waals surface area contributed by atoms with Crippen molar-refractivity contribution in [2.45, 2.75) is 37.8 Å². The molecule has 0 amide bonds. The van der Waals surface area contributed by atoms with Crippen LogP contribution in [0.3, 0.4) is 0 Å². The first-order valence-electron chi connectivity index (χ1n) is 8.07. The Hall–Kier alpha value is -1.02. The molecule has 23 heavy (non-hydrogen) atoms. The van der Waals surface area contributed by atoms with E-state index in [9.17, 15) is 12.8 Å². The van der Waals surface area contributed by atoms with Crippen LogP contribution in [-0.4, -0.2) is 49.9 Å². The normalized spacial score (nSPS) is 25.0. The van der Waals surface area contributed by atoms with Crippen molar-refractivity contribution in [3.63, 3.8) is 0 Å². The lowest BCUT2D eigenvalue weighted by Gasteiger charge is -2.35. The zero-order chi connectivity index (χ0) is 16.4. The summed E-state index contributed by atoms with van der Waals surface area (Å²) < 4.78 is 47.5. The van der Waals surface area contributed by atoms with Gasteiger partial charge in [0.1, 0.15) is 5.82 Å². The average Bonchev–Trinajstić information content (AvgIpc) is 3.06. The summed E-state index contributed by atoms with van der Waals surface area (Å²) in [6.07, 6.45) is 3.21. The Bertz CT molecular complexity index is 627. The van der Waals surface area contributed by atoms with Crippen LogP contribution in [-0.2, 0) is 14.9 Å². The number of hydrogen-bond donors (Lipinski definition) is 0. The fourth-order valence-corrected chi connectivity index (χ4v) is 5.36. The molecule has 7 heteroatoms. The van der Waals surface area contributed by atoms with Crippen molar-refractivity contribution < 1.29 is 17.5 Å². The second-order valence-corrected chi connectivity index (χ2v) is 8.04. The van der Waals surface area contributed by atoms with Crippen molar-refractivity contribution in [1.82, 2.24) is 8.61 Å². The third kappa shape index (κ3) is 3.42. The number of benzene rings is 1. The standard InChI is InChI=1S/C16H23FN2O3S/c1-22-15-8-11-18(12-9-15)23(20,21)19-10-2-3-16(19)13-4-6-14(17)7-5-13/h4-7,15-16H,2-3,8-12H2,1H3. The highest BCUT2D eigenvalue weighted by Gasteiger charge is 2.40. The molecule has 2 aliphatic heterocycles. The van der Waals surface area contributed by atoms with E-state index < -0.39 is 10.2 Å². The van der Waals surface area contributed by atoms with Gasteiger partial charge < -0.3 is 4.74 Å². The summed E-state index contributed by atoms with van der Waals surface area (Å²) in [5.41, 5.74) is 0.860. The van der Waals surface area contributed by atoms with Gasteiger partial charge in [0.2, 0.25) is 0 Å². The van der Waals surface area contributed by atoms with Crippen molar-refractivity contribution in [2.24, 2.45) is 0 Å². The first kappa shape index (κ1) is 16.8. The molecule has 2 saturated heterocycles. The minimum Gasteiger partial charge on any atom is -0.381 e. The molecular weight excluding hydrogens is 319 g/mol. The summed E-state index contributed by atoms with van der Waals surface area (Å²) in [4.78, 5) is 0. The van der Waals surface area contributed by atoms with Gasteiger partial charge in [0.15, 0.2) is 0 Å². The third-order valence-electron chi connectivity index (χ3n) is 4.82. The number of nitrogens with zero attached hydrogens (tertiary/aromatic N) is 2. The molecule has 3 rings (SSSR count). The van der Waals surface area contributed by atoms with Gasteiger partial charge in [-0.25, -0.2) is 4.39 Å². The van der Waals surface area contributed by atoms with Gasteiger partial charge in [0, 0.05) is 26.7 Å². The second-order valence-electron chi connectivity index (χ2n) is 6.16. The lowest BCUT2D eigenvalue weighted by atomic mass is 10.1. The number of hydrogen-bond acceptors (Lipinski definition) is 3. The molecule has 1 unspecified atom stereocenters.